The van der Waals surface area contributed by atoms with Crippen LogP contribution < -0.4 is 10.6 Å². The fourth-order valence-corrected chi connectivity index (χ4v) is 2.50. The molecule has 0 bridgehead atoms. The fraction of sp³-hybridized carbons (Fsp3) is 0.222. The van der Waals surface area contributed by atoms with Crippen molar-refractivity contribution in [2.75, 3.05) is 24.4 Å². The van der Waals surface area contributed by atoms with Crippen molar-refractivity contribution in [3.05, 3.63) is 57.9 Å². The lowest BCUT2D eigenvalue weighted by atomic mass is 10.1. The average Bonchev–Trinajstić information content (AvgIpc) is 2.54. The zero-order valence-electron chi connectivity index (χ0n) is 14.1. The highest BCUT2D eigenvalue weighted by atomic mass is 35.5. The molecule has 0 aliphatic heterocycles. The summed E-state index contributed by atoms with van der Waals surface area (Å²) in [7, 11) is 1.43. The van der Waals surface area contributed by atoms with Crippen LogP contribution in [0.25, 0.3) is 0 Å². The third-order valence-corrected chi connectivity index (χ3v) is 4.03. The molecule has 0 atom stereocenters. The van der Waals surface area contributed by atoms with Gasteiger partial charge in [0.1, 0.15) is 12.4 Å². The molecule has 0 heterocycles. The zero-order chi connectivity index (χ0) is 18.6. The van der Waals surface area contributed by atoms with Gasteiger partial charge in [-0.05, 0) is 49.2 Å². The number of hydrogen-bond acceptors (Lipinski definition) is 3. The van der Waals surface area contributed by atoms with E-state index < -0.39 is 11.7 Å². The molecular formula is C18H18ClFN2O3. The van der Waals surface area contributed by atoms with Gasteiger partial charge in [0.05, 0.1) is 10.6 Å². The van der Waals surface area contributed by atoms with Gasteiger partial charge in [-0.3, -0.25) is 9.59 Å². The smallest absolute Gasteiger partial charge is 0.260 e. The van der Waals surface area contributed by atoms with Crippen LogP contribution in [-0.4, -0.2) is 25.5 Å². The first kappa shape index (κ1) is 18.9. The third kappa shape index (κ3) is 4.55. The number of carbonyl (C=O) groups is 2. The first-order chi connectivity index (χ1) is 11.8. The molecule has 2 aromatic rings. The van der Waals surface area contributed by atoms with Crippen LogP contribution >= 0.6 is 11.6 Å². The van der Waals surface area contributed by atoms with Gasteiger partial charge in [-0.15, -0.1) is 0 Å². The number of anilines is 2. The van der Waals surface area contributed by atoms with Crippen molar-refractivity contribution in [1.82, 2.24) is 0 Å². The number of nitrogens with one attached hydrogen (secondary N) is 2. The van der Waals surface area contributed by atoms with Gasteiger partial charge in [0, 0.05) is 18.5 Å². The Morgan fingerprint density at radius 2 is 1.84 bits per heavy atom. The summed E-state index contributed by atoms with van der Waals surface area (Å²) in [6, 6.07) is 7.63. The second-order valence-electron chi connectivity index (χ2n) is 5.52. The first-order valence-corrected chi connectivity index (χ1v) is 7.86. The van der Waals surface area contributed by atoms with E-state index in [0.717, 1.165) is 5.56 Å². The summed E-state index contributed by atoms with van der Waals surface area (Å²) < 4.78 is 18.7. The Balaban J connectivity index is 2.19. The van der Waals surface area contributed by atoms with Crippen LogP contribution in [0, 0.1) is 19.7 Å². The predicted octanol–water partition coefficient (Wildman–Crippen LogP) is 3.93. The summed E-state index contributed by atoms with van der Waals surface area (Å²) in [5.41, 5.74) is 2.21. The summed E-state index contributed by atoms with van der Waals surface area (Å²) in [5, 5.41) is 5.39. The Morgan fingerprint density at radius 3 is 2.48 bits per heavy atom. The minimum absolute atomic E-state index is 0.0525. The lowest BCUT2D eigenvalue weighted by Gasteiger charge is -2.12. The summed E-state index contributed by atoms with van der Waals surface area (Å²) in [6.45, 7) is 3.42. The van der Waals surface area contributed by atoms with Gasteiger partial charge in [-0.25, -0.2) is 4.39 Å². The van der Waals surface area contributed by atoms with Crippen LogP contribution in [0.5, 0.6) is 0 Å². The van der Waals surface area contributed by atoms with E-state index in [2.05, 4.69) is 10.6 Å². The third-order valence-electron chi connectivity index (χ3n) is 3.55. The van der Waals surface area contributed by atoms with Crippen LogP contribution in [-0.2, 0) is 9.53 Å². The molecule has 2 rings (SSSR count). The molecule has 0 radical (unpaired) electrons. The van der Waals surface area contributed by atoms with Crippen molar-refractivity contribution >= 4 is 34.8 Å². The van der Waals surface area contributed by atoms with Crippen LogP contribution in [0.2, 0.25) is 5.02 Å². The van der Waals surface area contributed by atoms with Crippen LogP contribution in [0.1, 0.15) is 21.5 Å². The van der Waals surface area contributed by atoms with Gasteiger partial charge < -0.3 is 15.4 Å². The number of rotatable bonds is 5. The topological polar surface area (TPSA) is 67.4 Å². The molecule has 2 aromatic carbocycles. The van der Waals surface area contributed by atoms with Crippen molar-refractivity contribution in [2.45, 2.75) is 13.8 Å². The molecule has 7 heteroatoms. The maximum atomic E-state index is 13.9. The van der Waals surface area contributed by atoms with Gasteiger partial charge >= 0.3 is 0 Å². The number of amides is 2. The molecule has 0 aliphatic carbocycles. The SMILES string of the molecule is COCC(=O)Nc1ccc(NC(=O)c2c(F)ccc(C)c2Cl)cc1C. The minimum Gasteiger partial charge on any atom is -0.375 e. The molecule has 132 valence electrons. The Labute approximate surface area is 150 Å². The standard InChI is InChI=1S/C18H18ClFN2O3/c1-10-4-6-13(20)16(17(10)19)18(24)21-12-5-7-14(11(2)8-12)22-15(23)9-25-3/h4-8H,9H2,1-3H3,(H,21,24)(H,22,23). The van der Waals surface area contributed by atoms with E-state index in [1.807, 2.05) is 0 Å². The molecule has 0 aromatic heterocycles. The van der Waals surface area contributed by atoms with E-state index in [1.54, 1.807) is 32.0 Å². The van der Waals surface area contributed by atoms with Crippen molar-refractivity contribution in [2.24, 2.45) is 0 Å². The second kappa shape index (κ2) is 8.09. The lowest BCUT2D eigenvalue weighted by molar-refractivity contribution is -0.119. The number of carbonyl (C=O) groups excluding carboxylic acids is 2. The van der Waals surface area contributed by atoms with Gasteiger partial charge in [0.25, 0.3) is 5.91 Å². The molecule has 0 saturated carbocycles. The molecule has 0 unspecified atom stereocenters. The summed E-state index contributed by atoms with van der Waals surface area (Å²) in [6.07, 6.45) is 0. The van der Waals surface area contributed by atoms with E-state index >= 15 is 0 Å². The van der Waals surface area contributed by atoms with Crippen LogP contribution in [0.3, 0.4) is 0 Å². The monoisotopic (exact) mass is 364 g/mol. The number of hydrogen-bond donors (Lipinski definition) is 2. The summed E-state index contributed by atoms with van der Waals surface area (Å²) >= 11 is 6.04. The van der Waals surface area contributed by atoms with Crippen LogP contribution in [0.4, 0.5) is 15.8 Å². The number of ether oxygens (including phenoxy) is 1. The Morgan fingerprint density at radius 1 is 1.12 bits per heavy atom. The fourth-order valence-electron chi connectivity index (χ4n) is 2.26. The summed E-state index contributed by atoms with van der Waals surface area (Å²) in [4.78, 5) is 23.9. The maximum Gasteiger partial charge on any atom is 0.260 e. The molecule has 0 spiro atoms. The van der Waals surface area contributed by atoms with Gasteiger partial charge in [-0.2, -0.15) is 0 Å². The Hall–Kier alpha value is -2.44. The molecule has 0 saturated heterocycles. The van der Waals surface area contributed by atoms with E-state index in [0.29, 0.717) is 16.9 Å². The molecule has 0 fully saturated rings. The van der Waals surface area contributed by atoms with E-state index in [-0.39, 0.29) is 23.1 Å². The first-order valence-electron chi connectivity index (χ1n) is 7.49. The van der Waals surface area contributed by atoms with Crippen LogP contribution in [0.15, 0.2) is 30.3 Å². The second-order valence-corrected chi connectivity index (χ2v) is 5.90. The quantitative estimate of drug-likeness (QED) is 0.844. The van der Waals surface area contributed by atoms with Gasteiger partial charge in [0.2, 0.25) is 5.91 Å². The van der Waals surface area contributed by atoms with E-state index in [1.165, 1.54) is 19.2 Å². The number of benzene rings is 2. The Bertz CT molecular complexity index is 824. The number of halogens is 2. The average molecular weight is 365 g/mol. The molecule has 2 N–H and O–H groups in total. The number of aryl methyl sites for hydroxylation is 2. The van der Waals surface area contributed by atoms with Gasteiger partial charge in [-0.1, -0.05) is 17.7 Å². The maximum absolute atomic E-state index is 13.9. The lowest BCUT2D eigenvalue weighted by Crippen LogP contribution is -2.18. The predicted molar refractivity (Wildman–Crippen MR) is 95.8 cm³/mol. The molecule has 5 nitrogen and oxygen atoms in total. The van der Waals surface area contributed by atoms with Gasteiger partial charge in [0.15, 0.2) is 0 Å². The minimum atomic E-state index is -0.687. The zero-order valence-corrected chi connectivity index (χ0v) is 14.8. The van der Waals surface area contributed by atoms with Crippen molar-refractivity contribution < 1.29 is 18.7 Å². The number of methoxy groups -OCH3 is 1. The van der Waals surface area contributed by atoms with E-state index in [4.69, 9.17) is 16.3 Å². The highest BCUT2D eigenvalue weighted by molar-refractivity contribution is 6.35. The van der Waals surface area contributed by atoms with Crippen molar-refractivity contribution in [1.29, 1.82) is 0 Å². The highest BCUT2D eigenvalue weighted by Crippen LogP contribution is 2.25. The molecule has 25 heavy (non-hydrogen) atoms. The molecular weight excluding hydrogens is 347 g/mol. The van der Waals surface area contributed by atoms with Crippen molar-refractivity contribution in [3.63, 3.8) is 0 Å². The highest BCUT2D eigenvalue weighted by Gasteiger charge is 2.18. The normalized spacial score (nSPS) is 10.4. The van der Waals surface area contributed by atoms with E-state index in [9.17, 15) is 14.0 Å². The summed E-state index contributed by atoms with van der Waals surface area (Å²) in [5.74, 6) is -1.61. The largest absolute Gasteiger partial charge is 0.375 e. The molecule has 2 amide bonds. The molecule has 0 aliphatic rings. The Kier molecular flexibility index (Phi) is 6.12. The van der Waals surface area contributed by atoms with Crippen molar-refractivity contribution in [3.8, 4) is 0 Å².